The molecule has 21 heavy (non-hydrogen) atoms. The number of para-hydroxylation sites is 1. The Morgan fingerprint density at radius 3 is 2.81 bits per heavy atom. The van der Waals surface area contributed by atoms with Crippen molar-refractivity contribution < 1.29 is 28.4 Å². The van der Waals surface area contributed by atoms with E-state index in [0.29, 0.717) is 0 Å². The molecule has 0 atom stereocenters. The molecular weight excluding hydrogens is 285 g/mol. The van der Waals surface area contributed by atoms with Crippen molar-refractivity contribution in [1.82, 2.24) is 0 Å². The maximum atomic E-state index is 13.6. The maximum absolute atomic E-state index is 13.6. The van der Waals surface area contributed by atoms with Gasteiger partial charge in [-0.05, 0) is 19.1 Å². The van der Waals surface area contributed by atoms with Crippen LogP contribution in [0.25, 0.3) is 0 Å². The van der Waals surface area contributed by atoms with E-state index in [4.69, 9.17) is 14.3 Å². The van der Waals surface area contributed by atoms with Crippen molar-refractivity contribution in [2.24, 2.45) is 0 Å². The predicted molar refractivity (Wildman–Crippen MR) is 67.8 cm³/mol. The molecule has 0 radical (unpaired) electrons. The Hall–Kier alpha value is -2.90. The Balaban J connectivity index is 2.23. The van der Waals surface area contributed by atoms with Gasteiger partial charge >= 0.3 is 11.7 Å². The number of nitro groups is 1. The monoisotopic (exact) mass is 295 g/mol. The zero-order valence-electron chi connectivity index (χ0n) is 10.8. The number of ether oxygens (including phenoxy) is 1. The Labute approximate surface area is 117 Å². The number of halogens is 1. The topological polar surface area (TPSA) is 103 Å². The Morgan fingerprint density at radius 2 is 2.24 bits per heavy atom. The minimum Gasteiger partial charge on any atom is -0.478 e. The largest absolute Gasteiger partial charge is 0.478 e. The zero-order chi connectivity index (χ0) is 15.6. The molecule has 2 aromatic rings. The lowest BCUT2D eigenvalue weighted by molar-refractivity contribution is -0.386. The lowest BCUT2D eigenvalue weighted by atomic mass is 10.2. The van der Waals surface area contributed by atoms with Crippen LogP contribution in [0, 0.1) is 22.9 Å². The number of benzene rings is 1. The lowest BCUT2D eigenvalue weighted by Gasteiger charge is -2.05. The summed E-state index contributed by atoms with van der Waals surface area (Å²) < 4.78 is 23.8. The standard InChI is InChI=1S/C13H10FNO6/c1-7-9(13(16)17)5-8(21-7)6-20-12-10(14)3-2-4-11(12)15(18)19/h2-5H,6H2,1H3,(H,16,17). The van der Waals surface area contributed by atoms with Crippen LogP contribution in [0.5, 0.6) is 5.75 Å². The van der Waals surface area contributed by atoms with E-state index in [1.165, 1.54) is 19.1 Å². The van der Waals surface area contributed by atoms with Gasteiger partial charge in [0.05, 0.1) is 4.92 Å². The number of carboxylic acids is 1. The van der Waals surface area contributed by atoms with Gasteiger partial charge in [0.25, 0.3) is 0 Å². The van der Waals surface area contributed by atoms with Crippen LogP contribution < -0.4 is 4.74 Å². The summed E-state index contributed by atoms with van der Waals surface area (Å²) in [5.74, 6) is -2.27. The normalized spacial score (nSPS) is 10.4. The molecular formula is C13H10FNO6. The molecule has 0 aliphatic carbocycles. The highest BCUT2D eigenvalue weighted by atomic mass is 19.1. The number of furan rings is 1. The second-order valence-corrected chi connectivity index (χ2v) is 4.12. The molecule has 0 amide bonds. The first-order valence-electron chi connectivity index (χ1n) is 5.78. The van der Waals surface area contributed by atoms with Crippen LogP contribution in [0.3, 0.4) is 0 Å². The van der Waals surface area contributed by atoms with Crippen LogP contribution in [0.15, 0.2) is 28.7 Å². The molecule has 2 rings (SSSR count). The van der Waals surface area contributed by atoms with Crippen molar-refractivity contribution in [2.75, 3.05) is 0 Å². The first kappa shape index (κ1) is 14.5. The number of carbonyl (C=O) groups is 1. The Bertz CT molecular complexity index is 709. The smallest absolute Gasteiger partial charge is 0.339 e. The fourth-order valence-electron chi connectivity index (χ4n) is 1.75. The number of hydrogen-bond acceptors (Lipinski definition) is 5. The molecule has 0 saturated carbocycles. The van der Waals surface area contributed by atoms with Gasteiger partial charge in [0.1, 0.15) is 23.7 Å². The van der Waals surface area contributed by atoms with Crippen molar-refractivity contribution >= 4 is 11.7 Å². The third-order valence-corrected chi connectivity index (χ3v) is 2.70. The highest BCUT2D eigenvalue weighted by molar-refractivity contribution is 5.88. The van der Waals surface area contributed by atoms with Crippen molar-refractivity contribution in [3.8, 4) is 5.75 Å². The highest BCUT2D eigenvalue weighted by Gasteiger charge is 2.21. The predicted octanol–water partition coefficient (Wildman–Crippen LogP) is 2.91. The summed E-state index contributed by atoms with van der Waals surface area (Å²) in [6.45, 7) is 1.13. The van der Waals surface area contributed by atoms with Gasteiger partial charge in [0.2, 0.25) is 5.75 Å². The Morgan fingerprint density at radius 1 is 1.52 bits per heavy atom. The minimum absolute atomic E-state index is 0.0448. The average Bonchev–Trinajstić information content (AvgIpc) is 2.78. The van der Waals surface area contributed by atoms with Crippen LogP contribution in [-0.4, -0.2) is 16.0 Å². The molecule has 7 nitrogen and oxygen atoms in total. The van der Waals surface area contributed by atoms with Crippen LogP contribution in [0.4, 0.5) is 10.1 Å². The molecule has 0 spiro atoms. The summed E-state index contributed by atoms with van der Waals surface area (Å²) >= 11 is 0. The van der Waals surface area contributed by atoms with Crippen molar-refractivity contribution in [1.29, 1.82) is 0 Å². The molecule has 0 aliphatic rings. The van der Waals surface area contributed by atoms with Gasteiger partial charge < -0.3 is 14.3 Å². The van der Waals surface area contributed by atoms with E-state index in [1.807, 2.05) is 0 Å². The van der Waals surface area contributed by atoms with Crippen LogP contribution in [0.1, 0.15) is 21.9 Å². The number of carboxylic acid groups (broad SMARTS) is 1. The molecule has 8 heteroatoms. The van der Waals surface area contributed by atoms with E-state index in [1.54, 1.807) is 0 Å². The third kappa shape index (κ3) is 2.99. The number of hydrogen-bond donors (Lipinski definition) is 1. The number of nitro benzene ring substituents is 1. The zero-order valence-corrected chi connectivity index (χ0v) is 10.8. The van der Waals surface area contributed by atoms with Gasteiger partial charge in [-0.1, -0.05) is 6.07 Å². The molecule has 1 aromatic heterocycles. The molecule has 1 N–H and O–H groups in total. The number of nitrogens with zero attached hydrogens (tertiary/aromatic N) is 1. The molecule has 1 heterocycles. The molecule has 0 bridgehead atoms. The van der Waals surface area contributed by atoms with E-state index in [9.17, 15) is 19.3 Å². The van der Waals surface area contributed by atoms with Gasteiger partial charge in [-0.15, -0.1) is 0 Å². The maximum Gasteiger partial charge on any atom is 0.339 e. The molecule has 1 aromatic carbocycles. The number of aromatic carboxylic acids is 1. The van der Waals surface area contributed by atoms with Crippen molar-refractivity contribution in [3.63, 3.8) is 0 Å². The SMILES string of the molecule is Cc1oc(COc2c(F)cccc2[N+](=O)[O-])cc1C(=O)O. The van der Waals surface area contributed by atoms with E-state index in [0.717, 1.165) is 12.1 Å². The summed E-state index contributed by atoms with van der Waals surface area (Å²) in [6, 6.07) is 4.55. The quantitative estimate of drug-likeness (QED) is 0.672. The first-order valence-corrected chi connectivity index (χ1v) is 5.78. The average molecular weight is 295 g/mol. The fraction of sp³-hybridized carbons (Fsp3) is 0.154. The lowest BCUT2D eigenvalue weighted by Crippen LogP contribution is -2.00. The summed E-state index contributed by atoms with van der Waals surface area (Å²) in [4.78, 5) is 20.9. The van der Waals surface area contributed by atoms with E-state index in [2.05, 4.69) is 0 Å². The van der Waals surface area contributed by atoms with Crippen molar-refractivity contribution in [2.45, 2.75) is 13.5 Å². The van der Waals surface area contributed by atoms with Gasteiger partial charge in [-0.25, -0.2) is 9.18 Å². The molecule has 0 aliphatic heterocycles. The highest BCUT2D eigenvalue weighted by Crippen LogP contribution is 2.30. The minimum atomic E-state index is -1.17. The summed E-state index contributed by atoms with van der Waals surface area (Å²) in [5.41, 5.74) is -0.562. The molecule has 0 fully saturated rings. The number of rotatable bonds is 5. The van der Waals surface area contributed by atoms with E-state index < -0.39 is 28.1 Å². The first-order chi connectivity index (χ1) is 9.90. The van der Waals surface area contributed by atoms with Crippen LogP contribution >= 0.6 is 0 Å². The summed E-state index contributed by atoms with van der Waals surface area (Å²) in [5, 5.41) is 19.7. The second kappa shape index (κ2) is 5.61. The van der Waals surface area contributed by atoms with Crippen molar-refractivity contribution in [3.05, 3.63) is 57.3 Å². The second-order valence-electron chi connectivity index (χ2n) is 4.12. The van der Waals surface area contributed by atoms with Crippen LogP contribution in [0.2, 0.25) is 0 Å². The van der Waals surface area contributed by atoms with Crippen LogP contribution in [-0.2, 0) is 6.61 Å². The van der Waals surface area contributed by atoms with E-state index in [-0.39, 0.29) is 23.7 Å². The fourth-order valence-corrected chi connectivity index (χ4v) is 1.75. The number of aryl methyl sites for hydroxylation is 1. The molecule has 0 unspecified atom stereocenters. The van der Waals surface area contributed by atoms with Gasteiger partial charge in [-0.3, -0.25) is 10.1 Å². The molecule has 110 valence electrons. The van der Waals surface area contributed by atoms with Gasteiger partial charge in [0, 0.05) is 6.07 Å². The van der Waals surface area contributed by atoms with E-state index >= 15 is 0 Å². The summed E-state index contributed by atoms with van der Waals surface area (Å²) in [6.07, 6.45) is 0. The summed E-state index contributed by atoms with van der Waals surface area (Å²) in [7, 11) is 0. The Kier molecular flexibility index (Phi) is 3.88. The van der Waals surface area contributed by atoms with Gasteiger partial charge in [0.15, 0.2) is 5.82 Å². The molecule has 0 saturated heterocycles. The van der Waals surface area contributed by atoms with Gasteiger partial charge in [-0.2, -0.15) is 0 Å². The third-order valence-electron chi connectivity index (χ3n) is 2.70.